The summed E-state index contributed by atoms with van der Waals surface area (Å²) in [6.45, 7) is 6.95. The molecule has 1 fully saturated rings. The molecule has 0 amide bonds. The predicted molar refractivity (Wildman–Crippen MR) is 110 cm³/mol. The average Bonchev–Trinajstić information content (AvgIpc) is 3.28. The summed E-state index contributed by atoms with van der Waals surface area (Å²) < 4.78 is 29.9. The minimum absolute atomic E-state index is 0.0468. The van der Waals surface area contributed by atoms with Crippen LogP contribution in [-0.4, -0.2) is 40.3 Å². The molecule has 148 valence electrons. The largest absolute Gasteiger partial charge is 0.324 e. The molecular formula is C20H23ClN4O2S. The Morgan fingerprint density at radius 1 is 1.25 bits per heavy atom. The second-order valence-corrected chi connectivity index (χ2v) is 9.90. The first-order chi connectivity index (χ1) is 13.3. The Kier molecular flexibility index (Phi) is 4.93. The molecule has 0 bridgehead atoms. The van der Waals surface area contributed by atoms with Crippen LogP contribution >= 0.6 is 11.6 Å². The first-order valence-electron chi connectivity index (χ1n) is 9.37. The highest BCUT2D eigenvalue weighted by molar-refractivity contribution is 7.89. The fourth-order valence-electron chi connectivity index (χ4n) is 3.83. The van der Waals surface area contributed by atoms with Crippen molar-refractivity contribution in [2.45, 2.75) is 44.0 Å². The van der Waals surface area contributed by atoms with E-state index >= 15 is 0 Å². The van der Waals surface area contributed by atoms with Crippen molar-refractivity contribution in [2.75, 3.05) is 13.1 Å². The third kappa shape index (κ3) is 3.21. The van der Waals surface area contributed by atoms with Gasteiger partial charge in [-0.2, -0.15) is 4.31 Å². The SMILES string of the molecule is Cc1ccc(S(=O)(=O)N2CC[C@H](c3nc4ccncc4n3C(C)C)C2)cc1Cl. The summed E-state index contributed by atoms with van der Waals surface area (Å²) in [4.78, 5) is 9.28. The molecule has 0 saturated carbocycles. The fraction of sp³-hybridized carbons (Fsp3) is 0.400. The average molecular weight is 419 g/mol. The number of sulfonamides is 1. The molecule has 1 aromatic carbocycles. The van der Waals surface area contributed by atoms with Gasteiger partial charge >= 0.3 is 0 Å². The second kappa shape index (κ2) is 7.13. The number of aryl methyl sites for hydroxylation is 1. The van der Waals surface area contributed by atoms with Gasteiger partial charge in [0.25, 0.3) is 0 Å². The Morgan fingerprint density at radius 3 is 2.75 bits per heavy atom. The van der Waals surface area contributed by atoms with Crippen LogP contribution in [0.2, 0.25) is 5.02 Å². The summed E-state index contributed by atoms with van der Waals surface area (Å²) in [7, 11) is -3.58. The number of benzene rings is 1. The van der Waals surface area contributed by atoms with Crippen LogP contribution in [0.3, 0.4) is 0 Å². The van der Waals surface area contributed by atoms with Gasteiger partial charge in [-0.15, -0.1) is 0 Å². The maximum absolute atomic E-state index is 13.1. The van der Waals surface area contributed by atoms with Gasteiger partial charge < -0.3 is 4.57 Å². The predicted octanol–water partition coefficient (Wildman–Crippen LogP) is 4.15. The van der Waals surface area contributed by atoms with Crippen LogP contribution in [-0.2, 0) is 10.0 Å². The minimum Gasteiger partial charge on any atom is -0.324 e. The Balaban J connectivity index is 1.67. The van der Waals surface area contributed by atoms with E-state index in [1.807, 2.05) is 19.2 Å². The molecule has 2 aromatic heterocycles. The van der Waals surface area contributed by atoms with Crippen LogP contribution in [0.4, 0.5) is 0 Å². The number of halogens is 1. The molecule has 1 aliphatic heterocycles. The van der Waals surface area contributed by atoms with Crippen LogP contribution in [0, 0.1) is 6.92 Å². The van der Waals surface area contributed by atoms with E-state index in [9.17, 15) is 8.42 Å². The first kappa shape index (κ1) is 19.4. The molecule has 28 heavy (non-hydrogen) atoms. The Bertz CT molecular complexity index is 1140. The highest BCUT2D eigenvalue weighted by atomic mass is 35.5. The van der Waals surface area contributed by atoms with Crippen molar-refractivity contribution in [3.63, 3.8) is 0 Å². The summed E-state index contributed by atoms with van der Waals surface area (Å²) in [5, 5.41) is 0.464. The Hall–Kier alpha value is -1.96. The summed E-state index contributed by atoms with van der Waals surface area (Å²) in [5.74, 6) is 0.975. The normalized spacial score (nSPS) is 18.4. The number of rotatable bonds is 4. The fourth-order valence-corrected chi connectivity index (χ4v) is 5.60. The quantitative estimate of drug-likeness (QED) is 0.638. The molecule has 3 aromatic rings. The van der Waals surface area contributed by atoms with Gasteiger partial charge in [0.05, 0.1) is 22.1 Å². The van der Waals surface area contributed by atoms with E-state index in [4.69, 9.17) is 16.6 Å². The van der Waals surface area contributed by atoms with Gasteiger partial charge in [0.2, 0.25) is 10.0 Å². The highest BCUT2D eigenvalue weighted by Gasteiger charge is 2.36. The standard InChI is InChI=1S/C20H23ClN4O2S/c1-13(2)25-19-11-22-8-6-18(19)23-20(25)15-7-9-24(12-15)28(26,27)16-5-4-14(3)17(21)10-16/h4-6,8,10-11,13,15H,7,9,12H2,1-3H3/t15-/m0/s1. The number of nitrogens with zero attached hydrogens (tertiary/aromatic N) is 4. The van der Waals surface area contributed by atoms with Crippen molar-refractivity contribution in [1.29, 1.82) is 0 Å². The van der Waals surface area contributed by atoms with Gasteiger partial charge in [-0.25, -0.2) is 13.4 Å². The van der Waals surface area contributed by atoms with Crippen LogP contribution in [0.15, 0.2) is 41.6 Å². The lowest BCUT2D eigenvalue weighted by molar-refractivity contribution is 0.466. The van der Waals surface area contributed by atoms with Crippen molar-refractivity contribution in [1.82, 2.24) is 18.8 Å². The van der Waals surface area contributed by atoms with Gasteiger partial charge in [-0.05, 0) is 51.0 Å². The van der Waals surface area contributed by atoms with Gasteiger partial charge in [0, 0.05) is 36.3 Å². The van der Waals surface area contributed by atoms with E-state index in [-0.39, 0.29) is 16.9 Å². The van der Waals surface area contributed by atoms with Crippen molar-refractivity contribution in [3.8, 4) is 0 Å². The molecule has 8 heteroatoms. The number of aromatic nitrogens is 3. The van der Waals surface area contributed by atoms with Crippen molar-refractivity contribution in [2.24, 2.45) is 0 Å². The van der Waals surface area contributed by atoms with Crippen LogP contribution in [0.5, 0.6) is 0 Å². The highest BCUT2D eigenvalue weighted by Crippen LogP contribution is 2.34. The van der Waals surface area contributed by atoms with Crippen LogP contribution < -0.4 is 0 Å². The second-order valence-electron chi connectivity index (χ2n) is 7.56. The molecule has 6 nitrogen and oxygen atoms in total. The van der Waals surface area contributed by atoms with Crippen molar-refractivity contribution < 1.29 is 8.42 Å². The Labute approximate surface area is 170 Å². The molecule has 1 atom stereocenters. The zero-order valence-electron chi connectivity index (χ0n) is 16.1. The molecule has 1 aliphatic rings. The number of hydrogen-bond donors (Lipinski definition) is 0. The topological polar surface area (TPSA) is 68.1 Å². The molecule has 0 unspecified atom stereocenters. The lowest BCUT2D eigenvalue weighted by Crippen LogP contribution is -2.29. The third-order valence-electron chi connectivity index (χ3n) is 5.33. The molecule has 0 aliphatic carbocycles. The zero-order chi connectivity index (χ0) is 20.1. The molecule has 0 N–H and O–H groups in total. The van der Waals surface area contributed by atoms with Crippen LogP contribution in [0.1, 0.15) is 43.6 Å². The molecular weight excluding hydrogens is 396 g/mol. The van der Waals surface area contributed by atoms with E-state index in [0.29, 0.717) is 18.1 Å². The van der Waals surface area contributed by atoms with E-state index < -0.39 is 10.0 Å². The van der Waals surface area contributed by atoms with Gasteiger partial charge in [-0.1, -0.05) is 17.7 Å². The van der Waals surface area contributed by atoms with E-state index in [2.05, 4.69) is 23.4 Å². The molecule has 4 rings (SSSR count). The van der Waals surface area contributed by atoms with Gasteiger partial charge in [0.1, 0.15) is 5.82 Å². The van der Waals surface area contributed by atoms with E-state index in [1.165, 1.54) is 6.07 Å². The lowest BCUT2D eigenvalue weighted by atomic mass is 10.1. The van der Waals surface area contributed by atoms with Crippen molar-refractivity contribution in [3.05, 3.63) is 53.1 Å². The first-order valence-corrected chi connectivity index (χ1v) is 11.2. The summed E-state index contributed by atoms with van der Waals surface area (Å²) in [6, 6.07) is 7.02. The van der Waals surface area contributed by atoms with Crippen LogP contribution in [0.25, 0.3) is 11.0 Å². The molecule has 1 saturated heterocycles. The smallest absolute Gasteiger partial charge is 0.243 e. The van der Waals surface area contributed by atoms with E-state index in [1.54, 1.807) is 22.6 Å². The maximum Gasteiger partial charge on any atom is 0.243 e. The molecule has 0 radical (unpaired) electrons. The molecule has 3 heterocycles. The van der Waals surface area contributed by atoms with E-state index in [0.717, 1.165) is 28.8 Å². The summed E-state index contributed by atoms with van der Waals surface area (Å²) in [5.41, 5.74) is 2.74. The number of fused-ring (bicyclic) bond motifs is 1. The lowest BCUT2D eigenvalue weighted by Gasteiger charge is -2.19. The number of pyridine rings is 1. The Morgan fingerprint density at radius 2 is 2.04 bits per heavy atom. The third-order valence-corrected chi connectivity index (χ3v) is 7.60. The van der Waals surface area contributed by atoms with Crippen molar-refractivity contribution >= 4 is 32.7 Å². The summed E-state index contributed by atoms with van der Waals surface area (Å²) in [6.07, 6.45) is 4.29. The van der Waals surface area contributed by atoms with Gasteiger partial charge in [0.15, 0.2) is 0 Å². The minimum atomic E-state index is -3.58. The number of imidazole rings is 1. The number of hydrogen-bond acceptors (Lipinski definition) is 4. The monoisotopic (exact) mass is 418 g/mol. The summed E-state index contributed by atoms with van der Waals surface area (Å²) >= 11 is 6.15. The van der Waals surface area contributed by atoms with Gasteiger partial charge in [-0.3, -0.25) is 4.98 Å². The molecule has 0 spiro atoms. The maximum atomic E-state index is 13.1. The zero-order valence-corrected chi connectivity index (χ0v) is 17.7.